The molecule has 1 aromatic rings. The first-order chi connectivity index (χ1) is 10.9. The minimum Gasteiger partial charge on any atom is -0.353 e. The monoisotopic (exact) mass is 337 g/mol. The summed E-state index contributed by atoms with van der Waals surface area (Å²) in [6, 6.07) is 3.69. The summed E-state index contributed by atoms with van der Waals surface area (Å²) < 4.78 is 0. The second-order valence-corrected chi connectivity index (χ2v) is 8.02. The van der Waals surface area contributed by atoms with Crippen LogP contribution in [0.1, 0.15) is 47.7 Å². The van der Waals surface area contributed by atoms with Crippen LogP contribution in [0.5, 0.6) is 0 Å². The third-order valence-corrected chi connectivity index (χ3v) is 5.30. The van der Waals surface area contributed by atoms with Gasteiger partial charge in [0, 0.05) is 17.0 Å². The molecule has 2 amide bonds. The van der Waals surface area contributed by atoms with Crippen molar-refractivity contribution in [3.8, 4) is 0 Å². The molecule has 1 aliphatic heterocycles. The second-order valence-electron chi connectivity index (χ2n) is 6.73. The van der Waals surface area contributed by atoms with E-state index in [1.54, 1.807) is 6.07 Å². The van der Waals surface area contributed by atoms with Gasteiger partial charge in [0.2, 0.25) is 5.91 Å². The Kier molecular flexibility index (Phi) is 6.18. The molecule has 1 aromatic heterocycles. The third kappa shape index (κ3) is 5.32. The predicted molar refractivity (Wildman–Crippen MR) is 93.9 cm³/mol. The van der Waals surface area contributed by atoms with E-state index in [2.05, 4.69) is 29.4 Å². The molecule has 23 heavy (non-hydrogen) atoms. The number of nitrogens with one attached hydrogen (secondary N) is 2. The summed E-state index contributed by atoms with van der Waals surface area (Å²) in [6.45, 7) is 9.08. The highest BCUT2D eigenvalue weighted by molar-refractivity contribution is 7.13. The summed E-state index contributed by atoms with van der Waals surface area (Å²) >= 11 is 1.43. The first-order valence-electron chi connectivity index (χ1n) is 8.25. The Morgan fingerprint density at radius 1 is 1.17 bits per heavy atom. The molecule has 0 unspecified atom stereocenters. The lowest BCUT2D eigenvalue weighted by Gasteiger charge is -2.41. The maximum absolute atomic E-state index is 12.0. The van der Waals surface area contributed by atoms with E-state index in [1.807, 2.05) is 13.0 Å². The standard InChI is InChI=1S/C17H27N3O2S/c1-13-7-8-14(23-13)16(22)18-11-15(21)19-12-17(2,3)20-9-5-4-6-10-20/h7-8H,4-6,9-12H2,1-3H3,(H,18,22)(H,19,21). The number of carbonyl (C=O) groups excluding carboxylic acids is 2. The van der Waals surface area contributed by atoms with Crippen molar-refractivity contribution in [2.24, 2.45) is 0 Å². The molecular weight excluding hydrogens is 310 g/mol. The van der Waals surface area contributed by atoms with Crippen LogP contribution in [-0.2, 0) is 4.79 Å². The van der Waals surface area contributed by atoms with E-state index in [0.29, 0.717) is 11.4 Å². The number of amides is 2. The van der Waals surface area contributed by atoms with Crippen LogP contribution >= 0.6 is 11.3 Å². The van der Waals surface area contributed by atoms with Crippen molar-refractivity contribution < 1.29 is 9.59 Å². The van der Waals surface area contributed by atoms with Crippen molar-refractivity contribution in [3.63, 3.8) is 0 Å². The molecule has 128 valence electrons. The van der Waals surface area contributed by atoms with Gasteiger partial charge in [0.15, 0.2) is 0 Å². The van der Waals surface area contributed by atoms with Gasteiger partial charge in [-0.2, -0.15) is 0 Å². The number of likely N-dealkylation sites (tertiary alicyclic amines) is 1. The predicted octanol–water partition coefficient (Wildman–Crippen LogP) is 2.17. The molecular formula is C17H27N3O2S. The highest BCUT2D eigenvalue weighted by Gasteiger charge is 2.28. The lowest BCUT2D eigenvalue weighted by Crippen LogP contribution is -2.54. The van der Waals surface area contributed by atoms with Crippen LogP contribution in [0.2, 0.25) is 0 Å². The normalized spacial score (nSPS) is 16.1. The van der Waals surface area contributed by atoms with Crippen molar-refractivity contribution in [1.82, 2.24) is 15.5 Å². The van der Waals surface area contributed by atoms with Gasteiger partial charge in [-0.25, -0.2) is 0 Å². The number of piperidine rings is 1. The molecule has 0 radical (unpaired) electrons. The Labute approximate surface area is 142 Å². The zero-order valence-electron chi connectivity index (χ0n) is 14.3. The molecule has 1 fully saturated rings. The number of hydrogen-bond donors (Lipinski definition) is 2. The van der Waals surface area contributed by atoms with Crippen molar-refractivity contribution in [2.45, 2.75) is 45.6 Å². The van der Waals surface area contributed by atoms with Gasteiger partial charge in [-0.15, -0.1) is 11.3 Å². The fourth-order valence-corrected chi connectivity index (χ4v) is 3.58. The summed E-state index contributed by atoms with van der Waals surface area (Å²) in [7, 11) is 0. The molecule has 0 bridgehead atoms. The maximum atomic E-state index is 12.0. The van der Waals surface area contributed by atoms with Crippen LogP contribution in [0.15, 0.2) is 12.1 Å². The smallest absolute Gasteiger partial charge is 0.261 e. The van der Waals surface area contributed by atoms with E-state index in [4.69, 9.17) is 0 Å². The van der Waals surface area contributed by atoms with Crippen molar-refractivity contribution in [2.75, 3.05) is 26.2 Å². The molecule has 0 saturated carbocycles. The molecule has 0 aliphatic carbocycles. The molecule has 1 aliphatic rings. The first kappa shape index (κ1) is 17.9. The molecule has 0 aromatic carbocycles. The largest absolute Gasteiger partial charge is 0.353 e. The molecule has 2 heterocycles. The van der Waals surface area contributed by atoms with Crippen LogP contribution in [-0.4, -0.2) is 48.4 Å². The first-order valence-corrected chi connectivity index (χ1v) is 9.06. The fourth-order valence-electron chi connectivity index (χ4n) is 2.79. The maximum Gasteiger partial charge on any atom is 0.261 e. The van der Waals surface area contributed by atoms with Crippen LogP contribution in [0.25, 0.3) is 0 Å². The molecule has 5 nitrogen and oxygen atoms in total. The van der Waals surface area contributed by atoms with Crippen LogP contribution < -0.4 is 10.6 Å². The number of hydrogen-bond acceptors (Lipinski definition) is 4. The average molecular weight is 337 g/mol. The van der Waals surface area contributed by atoms with Gasteiger partial charge >= 0.3 is 0 Å². The van der Waals surface area contributed by atoms with Gasteiger partial charge in [0.25, 0.3) is 5.91 Å². The highest BCUT2D eigenvalue weighted by atomic mass is 32.1. The molecule has 6 heteroatoms. The minimum absolute atomic E-state index is 0.0197. The average Bonchev–Trinajstić information content (AvgIpc) is 2.98. The lowest BCUT2D eigenvalue weighted by molar-refractivity contribution is -0.120. The van der Waals surface area contributed by atoms with Crippen molar-refractivity contribution in [1.29, 1.82) is 0 Å². The summed E-state index contributed by atoms with van der Waals surface area (Å²) in [4.78, 5) is 28.1. The van der Waals surface area contributed by atoms with Gasteiger partial charge in [0.05, 0.1) is 11.4 Å². The quantitative estimate of drug-likeness (QED) is 0.836. The second kappa shape index (κ2) is 7.93. The van der Waals surface area contributed by atoms with Crippen LogP contribution in [0.4, 0.5) is 0 Å². The molecule has 0 atom stereocenters. The van der Waals surface area contributed by atoms with Gasteiger partial charge in [-0.1, -0.05) is 6.42 Å². The van der Waals surface area contributed by atoms with Crippen LogP contribution in [0, 0.1) is 6.92 Å². The number of nitrogens with zero attached hydrogens (tertiary/aromatic N) is 1. The minimum atomic E-state index is -0.187. The number of rotatable bonds is 6. The summed E-state index contributed by atoms with van der Waals surface area (Å²) in [6.07, 6.45) is 3.76. The highest BCUT2D eigenvalue weighted by Crippen LogP contribution is 2.19. The van der Waals surface area contributed by atoms with E-state index < -0.39 is 0 Å². The Bertz CT molecular complexity index is 548. The van der Waals surface area contributed by atoms with E-state index in [-0.39, 0.29) is 23.9 Å². The zero-order chi connectivity index (χ0) is 16.9. The number of carbonyl (C=O) groups is 2. The van der Waals surface area contributed by atoms with Crippen molar-refractivity contribution >= 4 is 23.2 Å². The molecule has 0 spiro atoms. The summed E-state index contributed by atoms with van der Waals surface area (Å²) in [5, 5.41) is 5.61. The van der Waals surface area contributed by atoms with Gasteiger partial charge in [-0.3, -0.25) is 14.5 Å². The third-order valence-electron chi connectivity index (χ3n) is 4.30. The topological polar surface area (TPSA) is 61.4 Å². The fraction of sp³-hybridized carbons (Fsp3) is 0.647. The Hall–Kier alpha value is -1.40. The SMILES string of the molecule is Cc1ccc(C(=O)NCC(=O)NCC(C)(C)N2CCCCC2)s1. The number of thiophene rings is 1. The molecule has 1 saturated heterocycles. The van der Waals surface area contributed by atoms with Gasteiger partial charge in [0.1, 0.15) is 0 Å². The lowest BCUT2D eigenvalue weighted by atomic mass is 9.98. The van der Waals surface area contributed by atoms with Crippen LogP contribution in [0.3, 0.4) is 0 Å². The van der Waals surface area contributed by atoms with E-state index in [1.165, 1.54) is 30.6 Å². The number of aryl methyl sites for hydroxylation is 1. The Morgan fingerprint density at radius 2 is 1.87 bits per heavy atom. The van der Waals surface area contributed by atoms with E-state index in [9.17, 15) is 9.59 Å². The van der Waals surface area contributed by atoms with E-state index in [0.717, 1.165) is 18.0 Å². The summed E-state index contributed by atoms with van der Waals surface area (Å²) in [5.41, 5.74) is -0.0506. The molecule has 2 rings (SSSR count). The molecule has 2 N–H and O–H groups in total. The zero-order valence-corrected chi connectivity index (χ0v) is 15.1. The summed E-state index contributed by atoms with van der Waals surface area (Å²) in [5.74, 6) is -0.328. The Balaban J connectivity index is 1.73. The van der Waals surface area contributed by atoms with E-state index >= 15 is 0 Å². The Morgan fingerprint density at radius 3 is 2.48 bits per heavy atom. The van der Waals surface area contributed by atoms with Gasteiger partial charge in [-0.05, 0) is 58.8 Å². The van der Waals surface area contributed by atoms with Crippen molar-refractivity contribution in [3.05, 3.63) is 21.9 Å². The van der Waals surface area contributed by atoms with Gasteiger partial charge < -0.3 is 10.6 Å².